The van der Waals surface area contributed by atoms with Gasteiger partial charge in [-0.1, -0.05) is 0 Å². The van der Waals surface area contributed by atoms with Gasteiger partial charge in [0, 0.05) is 6.54 Å². The summed E-state index contributed by atoms with van der Waals surface area (Å²) in [6.45, 7) is 4.77. The van der Waals surface area contributed by atoms with Crippen molar-refractivity contribution < 1.29 is 5.11 Å². The highest BCUT2D eigenvalue weighted by molar-refractivity contribution is 4.57. The topological polar surface area (TPSA) is 26.7 Å². The molecule has 0 aromatic rings. The molecule has 12 heavy (non-hydrogen) atoms. The second-order valence-electron chi connectivity index (χ2n) is 3.77. The molecule has 0 radical (unpaired) electrons. The maximum atomic E-state index is 9.08. The van der Waals surface area contributed by atoms with Crippen LogP contribution in [0.3, 0.4) is 0 Å². The van der Waals surface area contributed by atoms with Crippen molar-refractivity contribution in [2.45, 2.75) is 19.4 Å². The number of rotatable bonds is 6. The number of likely N-dealkylation sites (N-methyl/N-ethyl adjacent to an activating group) is 1. The van der Waals surface area contributed by atoms with Gasteiger partial charge in [-0.3, -0.25) is 0 Å². The molecule has 0 aromatic carbocycles. The van der Waals surface area contributed by atoms with E-state index in [2.05, 4.69) is 23.9 Å². The molecule has 0 aromatic heterocycles. The van der Waals surface area contributed by atoms with Crippen LogP contribution in [0.2, 0.25) is 0 Å². The lowest BCUT2D eigenvalue weighted by atomic mass is 10.3. The van der Waals surface area contributed by atoms with Crippen LogP contribution in [0.15, 0.2) is 0 Å². The van der Waals surface area contributed by atoms with Crippen LogP contribution in [-0.2, 0) is 0 Å². The van der Waals surface area contributed by atoms with Crippen LogP contribution in [0.25, 0.3) is 0 Å². The minimum atomic E-state index is -0.214. The molecule has 0 rings (SSSR count). The summed E-state index contributed by atoms with van der Waals surface area (Å²) in [5, 5.41) is 9.08. The third-order valence-corrected chi connectivity index (χ3v) is 1.72. The van der Waals surface area contributed by atoms with E-state index in [9.17, 15) is 0 Å². The molecule has 0 saturated carbocycles. The van der Waals surface area contributed by atoms with Crippen molar-refractivity contribution in [2.75, 3.05) is 40.8 Å². The molecule has 0 aliphatic heterocycles. The van der Waals surface area contributed by atoms with Crippen molar-refractivity contribution in [3.8, 4) is 0 Å². The van der Waals surface area contributed by atoms with E-state index in [1.54, 1.807) is 0 Å². The van der Waals surface area contributed by atoms with Crippen LogP contribution >= 0.6 is 0 Å². The number of hydrogen-bond acceptors (Lipinski definition) is 3. The molecule has 3 nitrogen and oxygen atoms in total. The van der Waals surface area contributed by atoms with Gasteiger partial charge in [0.2, 0.25) is 0 Å². The fraction of sp³-hybridized carbons (Fsp3) is 1.00. The zero-order chi connectivity index (χ0) is 9.56. The van der Waals surface area contributed by atoms with Gasteiger partial charge >= 0.3 is 0 Å². The summed E-state index contributed by atoms with van der Waals surface area (Å²) in [5.41, 5.74) is 0. The predicted molar refractivity (Wildman–Crippen MR) is 52.3 cm³/mol. The zero-order valence-corrected chi connectivity index (χ0v) is 8.75. The lowest BCUT2D eigenvalue weighted by Gasteiger charge is -2.19. The first kappa shape index (κ1) is 11.9. The Morgan fingerprint density at radius 2 is 1.75 bits per heavy atom. The molecular weight excluding hydrogens is 152 g/mol. The van der Waals surface area contributed by atoms with E-state index in [0.29, 0.717) is 0 Å². The molecule has 0 spiro atoms. The molecule has 74 valence electrons. The van der Waals surface area contributed by atoms with Gasteiger partial charge in [0.05, 0.1) is 6.10 Å². The second kappa shape index (κ2) is 6.40. The van der Waals surface area contributed by atoms with Gasteiger partial charge in [-0.15, -0.1) is 0 Å². The molecule has 0 bridgehead atoms. The first-order chi connectivity index (χ1) is 5.52. The number of hydrogen-bond donors (Lipinski definition) is 1. The van der Waals surface area contributed by atoms with Crippen molar-refractivity contribution in [2.24, 2.45) is 0 Å². The van der Waals surface area contributed by atoms with Gasteiger partial charge in [-0.2, -0.15) is 0 Å². The highest BCUT2D eigenvalue weighted by Crippen LogP contribution is 1.91. The maximum absolute atomic E-state index is 9.08. The van der Waals surface area contributed by atoms with E-state index in [4.69, 9.17) is 5.11 Å². The maximum Gasteiger partial charge on any atom is 0.0638 e. The average Bonchev–Trinajstić information content (AvgIpc) is 1.84. The lowest BCUT2D eigenvalue weighted by Crippen LogP contribution is -2.29. The van der Waals surface area contributed by atoms with Crippen LogP contribution < -0.4 is 0 Å². The highest BCUT2D eigenvalue weighted by Gasteiger charge is 2.01. The van der Waals surface area contributed by atoms with E-state index in [1.807, 2.05) is 14.0 Å². The Balaban J connectivity index is 3.25. The lowest BCUT2D eigenvalue weighted by molar-refractivity contribution is 0.139. The predicted octanol–water partition coefficient (Wildman–Crippen LogP) is 0.251. The van der Waals surface area contributed by atoms with Gasteiger partial charge in [-0.05, 0) is 47.6 Å². The normalized spacial score (nSPS) is 14.2. The van der Waals surface area contributed by atoms with Crippen molar-refractivity contribution in [3.63, 3.8) is 0 Å². The fourth-order valence-corrected chi connectivity index (χ4v) is 1.20. The summed E-state index contributed by atoms with van der Waals surface area (Å²) in [6, 6.07) is 0. The number of aliphatic hydroxyl groups is 1. The molecule has 0 fully saturated rings. The van der Waals surface area contributed by atoms with E-state index in [1.165, 1.54) is 0 Å². The van der Waals surface area contributed by atoms with E-state index in [-0.39, 0.29) is 6.10 Å². The summed E-state index contributed by atoms with van der Waals surface area (Å²) < 4.78 is 0. The minimum Gasteiger partial charge on any atom is -0.392 e. The molecule has 1 N–H and O–H groups in total. The smallest absolute Gasteiger partial charge is 0.0638 e. The van der Waals surface area contributed by atoms with E-state index < -0.39 is 0 Å². The summed E-state index contributed by atoms with van der Waals surface area (Å²) in [5.74, 6) is 0. The largest absolute Gasteiger partial charge is 0.392 e. The highest BCUT2D eigenvalue weighted by atomic mass is 16.3. The Morgan fingerprint density at radius 1 is 1.17 bits per heavy atom. The number of nitrogens with zero attached hydrogens (tertiary/aromatic N) is 2. The van der Waals surface area contributed by atoms with Crippen LogP contribution in [0.4, 0.5) is 0 Å². The van der Waals surface area contributed by atoms with Crippen molar-refractivity contribution in [1.29, 1.82) is 0 Å². The first-order valence-corrected chi connectivity index (χ1v) is 4.53. The SMILES string of the molecule is CC(O)CN(C)CCCN(C)C. The summed E-state index contributed by atoms with van der Waals surface area (Å²) in [4.78, 5) is 4.34. The van der Waals surface area contributed by atoms with Gasteiger partial charge in [0.15, 0.2) is 0 Å². The molecular formula is C9H22N2O. The standard InChI is InChI=1S/C9H22N2O/c1-9(12)8-11(4)7-5-6-10(2)3/h9,12H,5-8H2,1-4H3. The van der Waals surface area contributed by atoms with Crippen LogP contribution in [0.5, 0.6) is 0 Å². The van der Waals surface area contributed by atoms with Crippen molar-refractivity contribution >= 4 is 0 Å². The molecule has 0 heterocycles. The molecule has 3 heteroatoms. The van der Waals surface area contributed by atoms with Crippen LogP contribution in [-0.4, -0.2) is 61.8 Å². The third kappa shape index (κ3) is 7.98. The molecule has 1 atom stereocenters. The molecule has 0 amide bonds. The Labute approximate surface area is 76.0 Å². The molecule has 0 saturated heterocycles. The molecule has 0 aliphatic rings. The minimum absolute atomic E-state index is 0.214. The summed E-state index contributed by atoms with van der Waals surface area (Å²) >= 11 is 0. The Morgan fingerprint density at radius 3 is 2.17 bits per heavy atom. The van der Waals surface area contributed by atoms with Gasteiger partial charge < -0.3 is 14.9 Å². The Bertz CT molecular complexity index is 105. The average molecular weight is 174 g/mol. The van der Waals surface area contributed by atoms with Gasteiger partial charge in [0.1, 0.15) is 0 Å². The first-order valence-electron chi connectivity index (χ1n) is 4.53. The van der Waals surface area contributed by atoms with Crippen LogP contribution in [0, 0.1) is 0 Å². The Hall–Kier alpha value is -0.120. The van der Waals surface area contributed by atoms with Crippen LogP contribution in [0.1, 0.15) is 13.3 Å². The zero-order valence-electron chi connectivity index (χ0n) is 8.75. The summed E-state index contributed by atoms with van der Waals surface area (Å²) in [7, 11) is 6.20. The van der Waals surface area contributed by atoms with Crippen molar-refractivity contribution in [3.05, 3.63) is 0 Å². The van der Waals surface area contributed by atoms with E-state index in [0.717, 1.165) is 26.1 Å². The monoisotopic (exact) mass is 174 g/mol. The molecule has 0 aliphatic carbocycles. The Kier molecular flexibility index (Phi) is 6.34. The van der Waals surface area contributed by atoms with E-state index >= 15 is 0 Å². The summed E-state index contributed by atoms with van der Waals surface area (Å²) in [6.07, 6.45) is 0.949. The third-order valence-electron chi connectivity index (χ3n) is 1.72. The fourth-order valence-electron chi connectivity index (χ4n) is 1.20. The second-order valence-corrected chi connectivity index (χ2v) is 3.77. The van der Waals surface area contributed by atoms with Gasteiger partial charge in [0.25, 0.3) is 0 Å². The molecule has 1 unspecified atom stereocenters. The van der Waals surface area contributed by atoms with Crippen molar-refractivity contribution in [1.82, 2.24) is 9.80 Å². The van der Waals surface area contributed by atoms with Gasteiger partial charge in [-0.25, -0.2) is 0 Å². The quantitative estimate of drug-likeness (QED) is 0.625. The number of aliphatic hydroxyl groups excluding tert-OH is 1.